The zero-order valence-corrected chi connectivity index (χ0v) is 20.7. The van der Waals surface area contributed by atoms with Crippen LogP contribution in [0, 0.1) is 6.92 Å². The Bertz CT molecular complexity index is 1330. The van der Waals surface area contributed by atoms with Gasteiger partial charge in [-0.1, -0.05) is 17.3 Å². The Morgan fingerprint density at radius 2 is 1.76 bits per heavy atom. The zero-order chi connectivity index (χ0) is 26.5. The van der Waals surface area contributed by atoms with Gasteiger partial charge in [-0.3, -0.25) is 9.58 Å². The van der Waals surface area contributed by atoms with Crippen molar-refractivity contribution in [1.29, 1.82) is 0 Å². The van der Waals surface area contributed by atoms with E-state index in [4.69, 9.17) is 9.26 Å². The minimum Gasteiger partial charge on any atom is -0.406 e. The first-order chi connectivity index (χ1) is 18.3. The molecule has 2 aromatic carbocycles. The average molecular weight is 529 g/mol. The van der Waals surface area contributed by atoms with E-state index in [0.29, 0.717) is 17.8 Å². The van der Waals surface area contributed by atoms with E-state index in [0.717, 1.165) is 56.3 Å². The number of nitrogens with zero attached hydrogens (tertiary/aromatic N) is 5. The van der Waals surface area contributed by atoms with Crippen molar-refractivity contribution in [2.75, 3.05) is 44.7 Å². The van der Waals surface area contributed by atoms with Gasteiger partial charge < -0.3 is 19.3 Å². The summed E-state index contributed by atoms with van der Waals surface area (Å²) in [6.07, 6.45) is -4.75. The van der Waals surface area contributed by atoms with Gasteiger partial charge in [0.15, 0.2) is 5.69 Å². The van der Waals surface area contributed by atoms with Gasteiger partial charge in [0, 0.05) is 43.1 Å². The molecule has 12 heteroatoms. The van der Waals surface area contributed by atoms with E-state index in [1.807, 2.05) is 17.7 Å². The molecule has 0 amide bonds. The first-order valence-electron chi connectivity index (χ1n) is 12.2. The third-order valence-corrected chi connectivity index (χ3v) is 6.12. The molecular formula is C26H27F3N6O3. The summed E-state index contributed by atoms with van der Waals surface area (Å²) in [7, 11) is 0. The maximum absolute atomic E-state index is 12.4. The quantitative estimate of drug-likeness (QED) is 0.337. The number of anilines is 1. The third-order valence-electron chi connectivity index (χ3n) is 6.12. The smallest absolute Gasteiger partial charge is 0.406 e. The maximum atomic E-state index is 12.4. The predicted molar refractivity (Wildman–Crippen MR) is 134 cm³/mol. The lowest BCUT2D eigenvalue weighted by Gasteiger charge is -2.26. The summed E-state index contributed by atoms with van der Waals surface area (Å²) in [6, 6.07) is 15.4. The third kappa shape index (κ3) is 6.69. The van der Waals surface area contributed by atoms with E-state index in [2.05, 4.69) is 54.5 Å². The van der Waals surface area contributed by atoms with Crippen molar-refractivity contribution in [3.8, 4) is 28.7 Å². The Labute approximate surface area is 217 Å². The van der Waals surface area contributed by atoms with Gasteiger partial charge in [-0.25, -0.2) is 0 Å². The highest BCUT2D eigenvalue weighted by Crippen LogP contribution is 2.27. The van der Waals surface area contributed by atoms with Gasteiger partial charge in [-0.05, 0) is 55.0 Å². The Morgan fingerprint density at radius 1 is 1.03 bits per heavy atom. The molecule has 9 nitrogen and oxygen atoms in total. The molecule has 1 aliphatic rings. The molecule has 1 saturated heterocycles. The lowest BCUT2D eigenvalue weighted by atomic mass is 10.2. The summed E-state index contributed by atoms with van der Waals surface area (Å²) < 4.78 is 53.6. The lowest BCUT2D eigenvalue weighted by molar-refractivity contribution is -0.274. The minimum atomic E-state index is -4.75. The van der Waals surface area contributed by atoms with E-state index < -0.39 is 6.36 Å². The number of aromatic nitrogens is 4. The summed E-state index contributed by atoms with van der Waals surface area (Å²) in [6.45, 7) is 7.92. The van der Waals surface area contributed by atoms with Gasteiger partial charge in [-0.2, -0.15) is 10.1 Å². The molecule has 0 unspecified atom stereocenters. The Balaban J connectivity index is 1.18. The Morgan fingerprint density at radius 3 is 2.47 bits per heavy atom. The number of halogens is 3. The van der Waals surface area contributed by atoms with Crippen molar-refractivity contribution >= 4 is 5.69 Å². The standard InChI is InChI=1S/C26H27F3N6O3/c1-18-16-23(25-31-24(33-38-25)20-4-8-22(9-5-20)37-26(27,28)29)32-35(18)17-19-2-6-21(7-3-19)30-10-11-34-12-14-36-15-13-34/h2-9,16,30H,10-15,17H2,1H3. The van der Waals surface area contributed by atoms with Crippen molar-refractivity contribution in [1.82, 2.24) is 24.8 Å². The molecule has 1 fully saturated rings. The fourth-order valence-corrected chi connectivity index (χ4v) is 4.11. The molecule has 3 heterocycles. The predicted octanol–water partition coefficient (Wildman–Crippen LogP) is 4.60. The van der Waals surface area contributed by atoms with Gasteiger partial charge in [0.2, 0.25) is 5.82 Å². The summed E-state index contributed by atoms with van der Waals surface area (Å²) in [5.74, 6) is 0.135. The number of aryl methyl sites for hydroxylation is 1. The normalized spacial score (nSPS) is 14.5. The molecule has 0 atom stereocenters. The number of hydrogen-bond acceptors (Lipinski definition) is 8. The lowest BCUT2D eigenvalue weighted by Crippen LogP contribution is -2.38. The van der Waals surface area contributed by atoms with Crippen LogP contribution in [0.15, 0.2) is 59.1 Å². The number of alkyl halides is 3. The molecule has 2 aromatic heterocycles. The molecule has 4 aromatic rings. The fourth-order valence-electron chi connectivity index (χ4n) is 4.11. The van der Waals surface area contributed by atoms with Crippen LogP contribution < -0.4 is 10.1 Å². The molecule has 0 aliphatic carbocycles. The average Bonchev–Trinajstić information content (AvgIpc) is 3.53. The molecule has 0 bridgehead atoms. The van der Waals surface area contributed by atoms with Crippen LogP contribution in [0.3, 0.4) is 0 Å². The summed E-state index contributed by atoms with van der Waals surface area (Å²) in [5, 5.41) is 12.0. The molecule has 200 valence electrons. The van der Waals surface area contributed by atoms with Crippen LogP contribution >= 0.6 is 0 Å². The zero-order valence-electron chi connectivity index (χ0n) is 20.7. The molecule has 0 radical (unpaired) electrons. The van der Waals surface area contributed by atoms with Gasteiger partial charge in [0.25, 0.3) is 5.89 Å². The number of benzene rings is 2. The van der Waals surface area contributed by atoms with Crippen LogP contribution in [0.5, 0.6) is 5.75 Å². The number of nitrogens with one attached hydrogen (secondary N) is 1. The van der Waals surface area contributed by atoms with Crippen LogP contribution in [-0.2, 0) is 11.3 Å². The summed E-state index contributed by atoms with van der Waals surface area (Å²) >= 11 is 0. The largest absolute Gasteiger partial charge is 0.573 e. The van der Waals surface area contributed by atoms with Gasteiger partial charge in [-0.15, -0.1) is 13.2 Å². The monoisotopic (exact) mass is 528 g/mol. The van der Waals surface area contributed by atoms with Crippen molar-refractivity contribution in [3.63, 3.8) is 0 Å². The number of morpholine rings is 1. The topological polar surface area (TPSA) is 90.5 Å². The van der Waals surface area contributed by atoms with E-state index in [9.17, 15) is 13.2 Å². The second kappa shape index (κ2) is 11.2. The molecule has 1 aliphatic heterocycles. The van der Waals surface area contributed by atoms with E-state index in [1.165, 1.54) is 24.3 Å². The first kappa shape index (κ1) is 25.7. The number of ether oxygens (including phenoxy) is 2. The van der Waals surface area contributed by atoms with E-state index in [-0.39, 0.29) is 17.5 Å². The van der Waals surface area contributed by atoms with E-state index in [1.54, 1.807) is 0 Å². The minimum absolute atomic E-state index is 0.220. The second-order valence-electron chi connectivity index (χ2n) is 8.90. The number of hydrogen-bond donors (Lipinski definition) is 1. The fraction of sp³-hybridized carbons (Fsp3) is 0.346. The van der Waals surface area contributed by atoms with Crippen molar-refractivity contribution in [2.24, 2.45) is 0 Å². The number of rotatable bonds is 9. The van der Waals surface area contributed by atoms with Crippen LogP contribution in [0.25, 0.3) is 23.0 Å². The second-order valence-corrected chi connectivity index (χ2v) is 8.90. The highest BCUT2D eigenvalue weighted by molar-refractivity contribution is 5.59. The van der Waals surface area contributed by atoms with Gasteiger partial charge in [0.1, 0.15) is 5.75 Å². The maximum Gasteiger partial charge on any atom is 0.573 e. The molecule has 5 rings (SSSR count). The highest BCUT2D eigenvalue weighted by atomic mass is 19.4. The van der Waals surface area contributed by atoms with Crippen LogP contribution in [0.4, 0.5) is 18.9 Å². The van der Waals surface area contributed by atoms with E-state index >= 15 is 0 Å². The SMILES string of the molecule is Cc1cc(-c2nc(-c3ccc(OC(F)(F)F)cc3)no2)nn1Cc1ccc(NCCN2CCOCC2)cc1. The van der Waals surface area contributed by atoms with Gasteiger partial charge >= 0.3 is 6.36 Å². The molecule has 0 saturated carbocycles. The molecular weight excluding hydrogens is 501 g/mol. The highest BCUT2D eigenvalue weighted by Gasteiger charge is 2.31. The Kier molecular flexibility index (Phi) is 7.61. The molecule has 38 heavy (non-hydrogen) atoms. The summed E-state index contributed by atoms with van der Waals surface area (Å²) in [5.41, 5.74) is 4.08. The van der Waals surface area contributed by atoms with Crippen molar-refractivity contribution in [3.05, 3.63) is 65.9 Å². The molecule has 1 N–H and O–H groups in total. The van der Waals surface area contributed by atoms with Gasteiger partial charge in [0.05, 0.1) is 19.8 Å². The van der Waals surface area contributed by atoms with Crippen LogP contribution in [-0.4, -0.2) is 70.6 Å². The van der Waals surface area contributed by atoms with Crippen LogP contribution in [0.1, 0.15) is 11.3 Å². The van der Waals surface area contributed by atoms with Crippen LogP contribution in [0.2, 0.25) is 0 Å². The van der Waals surface area contributed by atoms with Crippen molar-refractivity contribution in [2.45, 2.75) is 19.8 Å². The summed E-state index contributed by atoms with van der Waals surface area (Å²) in [4.78, 5) is 6.74. The molecule has 0 spiro atoms. The Hall–Kier alpha value is -3.90. The first-order valence-corrected chi connectivity index (χ1v) is 12.2. The van der Waals surface area contributed by atoms with Crippen molar-refractivity contribution < 1.29 is 27.2 Å².